The molecule has 8 heteroatoms. The molecule has 2 heterocycles. The summed E-state index contributed by atoms with van der Waals surface area (Å²) in [6.07, 6.45) is 1.93. The van der Waals surface area contributed by atoms with Gasteiger partial charge in [0.05, 0.1) is 11.9 Å². The summed E-state index contributed by atoms with van der Waals surface area (Å²) in [6, 6.07) is 7.92. The van der Waals surface area contributed by atoms with Crippen LogP contribution in [0.5, 0.6) is 0 Å². The topological polar surface area (TPSA) is 70.6 Å². The molecule has 1 aliphatic rings. The van der Waals surface area contributed by atoms with E-state index in [4.69, 9.17) is 0 Å². The van der Waals surface area contributed by atoms with Crippen LogP contribution in [0.3, 0.4) is 0 Å². The number of rotatable bonds is 3. The Morgan fingerprint density at radius 1 is 1.38 bits per heavy atom. The number of nitrogens with zero attached hydrogens (tertiary/aromatic N) is 3. The number of sulfonamides is 1. The van der Waals surface area contributed by atoms with Gasteiger partial charge in [0.15, 0.2) is 5.13 Å². The molecular weight excluding hydrogens is 346 g/mol. The molecule has 1 atom stereocenters. The van der Waals surface area contributed by atoms with E-state index in [1.54, 1.807) is 11.8 Å². The van der Waals surface area contributed by atoms with E-state index in [2.05, 4.69) is 4.98 Å². The Balaban J connectivity index is 1.99. The molecule has 0 spiro atoms. The lowest BCUT2D eigenvalue weighted by atomic mass is 10.1. The second kappa shape index (κ2) is 5.86. The van der Waals surface area contributed by atoms with E-state index in [1.807, 2.05) is 31.2 Å². The van der Waals surface area contributed by atoms with E-state index in [0.717, 1.165) is 39.6 Å². The average Bonchev–Trinajstić information content (AvgIpc) is 3.04. The zero-order valence-electron chi connectivity index (χ0n) is 14.0. The third kappa shape index (κ3) is 2.80. The summed E-state index contributed by atoms with van der Waals surface area (Å²) in [4.78, 5) is 19.6. The van der Waals surface area contributed by atoms with E-state index >= 15 is 0 Å². The van der Waals surface area contributed by atoms with Gasteiger partial charge in [0.2, 0.25) is 10.0 Å². The molecule has 6 nitrogen and oxygen atoms in total. The highest BCUT2D eigenvalue weighted by atomic mass is 32.2. The van der Waals surface area contributed by atoms with Crippen molar-refractivity contribution in [3.8, 4) is 0 Å². The molecule has 128 valence electrons. The second-order valence-electron chi connectivity index (χ2n) is 6.00. The number of carbonyl (C=O) groups excluding carboxylic acids is 1. The minimum atomic E-state index is -3.41. The molecule has 0 bridgehead atoms. The minimum Gasteiger partial charge on any atom is -0.304 e. The van der Waals surface area contributed by atoms with Crippen molar-refractivity contribution in [2.75, 3.05) is 22.5 Å². The van der Waals surface area contributed by atoms with Crippen LogP contribution in [-0.2, 0) is 16.4 Å². The zero-order chi connectivity index (χ0) is 17.6. The van der Waals surface area contributed by atoms with Gasteiger partial charge >= 0.3 is 0 Å². The number of hydrogen-bond donors (Lipinski definition) is 0. The number of benzene rings is 1. The van der Waals surface area contributed by atoms with E-state index in [-0.39, 0.29) is 11.9 Å². The lowest BCUT2D eigenvalue weighted by Gasteiger charge is -2.22. The largest absolute Gasteiger partial charge is 0.304 e. The number of para-hydroxylation sites is 1. The van der Waals surface area contributed by atoms with E-state index in [0.29, 0.717) is 15.7 Å². The van der Waals surface area contributed by atoms with Gasteiger partial charge in [-0.2, -0.15) is 0 Å². The fourth-order valence-corrected chi connectivity index (χ4v) is 4.56. The van der Waals surface area contributed by atoms with Crippen molar-refractivity contribution in [1.29, 1.82) is 0 Å². The molecule has 0 saturated carbocycles. The molecule has 1 aromatic heterocycles. The lowest BCUT2D eigenvalue weighted by Crippen LogP contribution is -2.35. The third-order valence-electron chi connectivity index (χ3n) is 4.17. The van der Waals surface area contributed by atoms with Crippen molar-refractivity contribution in [1.82, 2.24) is 4.98 Å². The van der Waals surface area contributed by atoms with E-state index in [1.165, 1.54) is 7.05 Å². The van der Waals surface area contributed by atoms with Crippen molar-refractivity contribution in [3.63, 3.8) is 0 Å². The molecule has 3 rings (SSSR count). The normalized spacial score (nSPS) is 17.0. The SMILES string of the molecule is Cc1nc(N(C)S(C)(=O)=O)sc1C(=O)N1c2ccccc2CC1C. The van der Waals surface area contributed by atoms with Gasteiger partial charge in [-0.15, -0.1) is 0 Å². The summed E-state index contributed by atoms with van der Waals surface area (Å²) >= 11 is 1.11. The maximum Gasteiger partial charge on any atom is 0.270 e. The molecule has 1 amide bonds. The van der Waals surface area contributed by atoms with Gasteiger partial charge in [0, 0.05) is 18.8 Å². The van der Waals surface area contributed by atoms with Gasteiger partial charge in [-0.05, 0) is 31.9 Å². The first kappa shape index (κ1) is 16.9. The van der Waals surface area contributed by atoms with E-state index < -0.39 is 10.0 Å². The number of thiazole rings is 1. The minimum absolute atomic E-state index is 0.0625. The third-order valence-corrected chi connectivity index (χ3v) is 6.68. The van der Waals surface area contributed by atoms with Crippen LogP contribution in [0.2, 0.25) is 0 Å². The number of anilines is 2. The number of aryl methyl sites for hydroxylation is 1. The molecule has 1 aliphatic heterocycles. The van der Waals surface area contributed by atoms with Crippen molar-refractivity contribution >= 4 is 38.1 Å². The van der Waals surface area contributed by atoms with Gasteiger partial charge in [-0.3, -0.25) is 4.79 Å². The molecule has 0 fully saturated rings. The first-order chi connectivity index (χ1) is 11.2. The van der Waals surface area contributed by atoms with Gasteiger partial charge < -0.3 is 4.90 Å². The molecule has 24 heavy (non-hydrogen) atoms. The van der Waals surface area contributed by atoms with Crippen molar-refractivity contribution in [2.24, 2.45) is 0 Å². The lowest BCUT2D eigenvalue weighted by molar-refractivity contribution is 0.0984. The maximum absolute atomic E-state index is 13.1. The Morgan fingerprint density at radius 3 is 2.71 bits per heavy atom. The Morgan fingerprint density at radius 2 is 2.04 bits per heavy atom. The number of aromatic nitrogens is 1. The predicted molar refractivity (Wildman–Crippen MR) is 96.5 cm³/mol. The van der Waals surface area contributed by atoms with Crippen LogP contribution in [0, 0.1) is 6.92 Å². The summed E-state index contributed by atoms with van der Waals surface area (Å²) in [6.45, 7) is 3.74. The van der Waals surface area contributed by atoms with Crippen molar-refractivity contribution < 1.29 is 13.2 Å². The Bertz CT molecular complexity index is 905. The number of fused-ring (bicyclic) bond motifs is 1. The summed E-state index contributed by atoms with van der Waals surface area (Å²) in [7, 11) is -1.97. The van der Waals surface area contributed by atoms with Gasteiger partial charge in [-0.25, -0.2) is 17.7 Å². The highest BCUT2D eigenvalue weighted by Crippen LogP contribution is 2.35. The monoisotopic (exact) mass is 365 g/mol. The summed E-state index contributed by atoms with van der Waals surface area (Å²) in [5.41, 5.74) is 2.61. The highest BCUT2D eigenvalue weighted by molar-refractivity contribution is 7.92. The zero-order valence-corrected chi connectivity index (χ0v) is 15.6. The Kier molecular flexibility index (Phi) is 4.13. The molecular formula is C16H19N3O3S2. The number of carbonyl (C=O) groups is 1. The van der Waals surface area contributed by atoms with Gasteiger partial charge in [0.25, 0.3) is 5.91 Å². The number of amides is 1. The summed E-state index contributed by atoms with van der Waals surface area (Å²) in [5, 5.41) is 0.304. The Labute approximate surface area is 145 Å². The predicted octanol–water partition coefficient (Wildman–Crippen LogP) is 2.44. The Hall–Kier alpha value is -1.93. The van der Waals surface area contributed by atoms with Crippen LogP contribution < -0.4 is 9.21 Å². The highest BCUT2D eigenvalue weighted by Gasteiger charge is 2.33. The molecule has 1 aromatic carbocycles. The van der Waals surface area contributed by atoms with Crippen LogP contribution in [0.4, 0.5) is 10.8 Å². The first-order valence-electron chi connectivity index (χ1n) is 7.53. The van der Waals surface area contributed by atoms with Gasteiger partial charge in [-0.1, -0.05) is 29.5 Å². The number of hydrogen-bond acceptors (Lipinski definition) is 5. The van der Waals surface area contributed by atoms with Crippen molar-refractivity contribution in [2.45, 2.75) is 26.3 Å². The maximum atomic E-state index is 13.1. The van der Waals surface area contributed by atoms with Crippen molar-refractivity contribution in [3.05, 3.63) is 40.4 Å². The smallest absolute Gasteiger partial charge is 0.270 e. The fourth-order valence-electron chi connectivity index (χ4n) is 2.84. The molecule has 1 unspecified atom stereocenters. The van der Waals surface area contributed by atoms with Crippen LogP contribution in [0.1, 0.15) is 27.9 Å². The van der Waals surface area contributed by atoms with Crippen LogP contribution in [0.25, 0.3) is 0 Å². The molecule has 0 aliphatic carbocycles. The summed E-state index contributed by atoms with van der Waals surface area (Å²) < 4.78 is 24.5. The van der Waals surface area contributed by atoms with Crippen LogP contribution in [0.15, 0.2) is 24.3 Å². The average molecular weight is 365 g/mol. The molecule has 0 N–H and O–H groups in total. The van der Waals surface area contributed by atoms with Gasteiger partial charge in [0.1, 0.15) is 4.88 Å². The van der Waals surface area contributed by atoms with E-state index in [9.17, 15) is 13.2 Å². The molecule has 2 aromatic rings. The standard InChI is InChI=1S/C16H19N3O3S2/c1-10-9-12-7-5-6-8-13(12)19(10)15(20)14-11(2)17-16(23-14)18(3)24(4,21)22/h5-8,10H,9H2,1-4H3. The summed E-state index contributed by atoms with van der Waals surface area (Å²) in [5.74, 6) is -0.129. The quantitative estimate of drug-likeness (QED) is 0.838. The molecule has 0 saturated heterocycles. The molecule has 0 radical (unpaired) electrons. The van der Waals surface area contributed by atoms with Crippen LogP contribution >= 0.6 is 11.3 Å². The second-order valence-corrected chi connectivity index (χ2v) is 8.99. The van der Waals surface area contributed by atoms with Crippen LogP contribution in [-0.4, -0.2) is 38.7 Å². The fraction of sp³-hybridized carbons (Fsp3) is 0.375. The first-order valence-corrected chi connectivity index (χ1v) is 10.2.